The third kappa shape index (κ3) is 11.9. The summed E-state index contributed by atoms with van der Waals surface area (Å²) < 4.78 is 10.3. The average molecular weight is 190 g/mol. The van der Waals surface area contributed by atoms with Crippen LogP contribution >= 0.6 is 0 Å². The van der Waals surface area contributed by atoms with E-state index in [1.807, 2.05) is 0 Å². The minimum absolute atomic E-state index is 0.475. The predicted octanol–water partition coefficient (Wildman–Crippen LogP) is -1.32. The highest BCUT2D eigenvalue weighted by atomic mass is 16.5. The summed E-state index contributed by atoms with van der Waals surface area (Å²) in [5, 5.41) is 11.6. The Morgan fingerprint density at radius 1 is 1.23 bits per heavy atom. The summed E-state index contributed by atoms with van der Waals surface area (Å²) in [5.41, 5.74) is 5.22. The molecule has 0 aliphatic heterocycles. The molecule has 0 radical (unpaired) electrons. The lowest BCUT2D eigenvalue weighted by Gasteiger charge is -2.06. The van der Waals surface area contributed by atoms with Crippen molar-refractivity contribution >= 4 is 7.05 Å². The molecule has 0 fully saturated rings. The van der Waals surface area contributed by atoms with E-state index in [4.69, 9.17) is 20.2 Å². The molecule has 13 heavy (non-hydrogen) atoms. The summed E-state index contributed by atoms with van der Waals surface area (Å²) >= 11 is 0. The third-order valence-electron chi connectivity index (χ3n) is 1.32. The zero-order valence-electron chi connectivity index (χ0n) is 8.16. The second-order valence-corrected chi connectivity index (χ2v) is 2.64. The second kappa shape index (κ2) is 9.95. The molecule has 0 atom stereocenters. The number of rotatable bonds is 9. The predicted molar refractivity (Wildman–Crippen MR) is 52.5 cm³/mol. The molecule has 0 aliphatic rings. The summed E-state index contributed by atoms with van der Waals surface area (Å²) in [5.74, 6) is 0. The second-order valence-electron chi connectivity index (χ2n) is 2.64. The first kappa shape index (κ1) is 12.9. The molecule has 0 saturated heterocycles. The Bertz CT molecular complexity index is 106. The van der Waals surface area contributed by atoms with Crippen LogP contribution in [0.4, 0.5) is 0 Å². The molecule has 4 N–H and O–H groups in total. The van der Waals surface area contributed by atoms with Crippen molar-refractivity contribution in [2.75, 3.05) is 39.5 Å². The lowest BCUT2D eigenvalue weighted by Crippen LogP contribution is -2.33. The molecule has 0 bridgehead atoms. The molecule has 0 aromatic heterocycles. The summed E-state index contributed by atoms with van der Waals surface area (Å²) in [6.07, 6.45) is 0. The maximum absolute atomic E-state index is 8.82. The first-order chi connectivity index (χ1) is 6.27. The molecule has 0 rings (SSSR count). The van der Waals surface area contributed by atoms with Gasteiger partial charge in [0.1, 0.15) is 0 Å². The van der Waals surface area contributed by atoms with Crippen LogP contribution in [-0.2, 0) is 9.47 Å². The molecule has 6 heteroatoms. The van der Waals surface area contributed by atoms with Crippen LogP contribution in [0.5, 0.6) is 0 Å². The number of nitrogens with two attached hydrogens (primary N) is 1. The van der Waals surface area contributed by atoms with Gasteiger partial charge >= 0.3 is 7.05 Å². The lowest BCUT2D eigenvalue weighted by molar-refractivity contribution is 0.0528. The number of nitrogens with one attached hydrogen (secondary N) is 1. The van der Waals surface area contributed by atoms with Crippen LogP contribution in [0.15, 0.2) is 0 Å². The molecule has 0 spiro atoms. The van der Waals surface area contributed by atoms with E-state index in [0.717, 1.165) is 0 Å². The van der Waals surface area contributed by atoms with E-state index in [0.29, 0.717) is 39.5 Å². The zero-order valence-corrected chi connectivity index (χ0v) is 8.16. The van der Waals surface area contributed by atoms with Crippen molar-refractivity contribution < 1.29 is 14.5 Å². The van der Waals surface area contributed by atoms with E-state index < -0.39 is 7.05 Å². The van der Waals surface area contributed by atoms with Crippen molar-refractivity contribution in [3.63, 3.8) is 0 Å². The molecule has 0 saturated carbocycles. The van der Waals surface area contributed by atoms with Crippen LogP contribution in [0.3, 0.4) is 0 Å². The van der Waals surface area contributed by atoms with Crippen LogP contribution in [0.25, 0.3) is 0 Å². The van der Waals surface area contributed by atoms with Crippen LogP contribution in [0.2, 0.25) is 6.82 Å². The fourth-order valence-corrected chi connectivity index (χ4v) is 0.745. The Morgan fingerprint density at radius 3 is 2.38 bits per heavy atom. The maximum atomic E-state index is 8.82. The first-order valence-corrected chi connectivity index (χ1v) is 4.54. The van der Waals surface area contributed by atoms with Gasteiger partial charge in [-0.25, -0.2) is 0 Å². The molecular weight excluding hydrogens is 171 g/mol. The lowest BCUT2D eigenvalue weighted by atomic mass is 9.89. The number of hydrogen-bond acceptors (Lipinski definition) is 5. The van der Waals surface area contributed by atoms with E-state index in [2.05, 4.69) is 5.23 Å². The molecule has 78 valence electrons. The summed E-state index contributed by atoms with van der Waals surface area (Å²) in [4.78, 5) is 0. The molecule has 5 nitrogen and oxygen atoms in total. The van der Waals surface area contributed by atoms with Crippen molar-refractivity contribution in [1.82, 2.24) is 5.23 Å². The Balaban J connectivity index is 2.84. The summed E-state index contributed by atoms with van der Waals surface area (Å²) in [6, 6.07) is 0. The molecule has 0 aromatic rings. The summed E-state index contributed by atoms with van der Waals surface area (Å²) in [6.45, 7) is 5.17. The Hall–Kier alpha value is -0.135. The van der Waals surface area contributed by atoms with Crippen LogP contribution in [-0.4, -0.2) is 51.6 Å². The van der Waals surface area contributed by atoms with Crippen molar-refractivity contribution in [3.8, 4) is 0 Å². The third-order valence-corrected chi connectivity index (χ3v) is 1.32. The average Bonchev–Trinajstić information content (AvgIpc) is 2.09. The minimum Gasteiger partial charge on any atom is -0.437 e. The van der Waals surface area contributed by atoms with E-state index in [9.17, 15) is 0 Å². The van der Waals surface area contributed by atoms with Gasteiger partial charge in [0.2, 0.25) is 0 Å². The number of hydrogen-bond donors (Lipinski definition) is 3. The Morgan fingerprint density at radius 2 is 1.85 bits per heavy atom. The highest BCUT2D eigenvalue weighted by molar-refractivity contribution is 6.45. The molecule has 0 heterocycles. The van der Waals surface area contributed by atoms with Crippen molar-refractivity contribution in [2.24, 2.45) is 5.73 Å². The van der Waals surface area contributed by atoms with E-state index in [1.165, 1.54) is 0 Å². The maximum Gasteiger partial charge on any atom is 0.373 e. The Kier molecular flexibility index (Phi) is 9.85. The smallest absolute Gasteiger partial charge is 0.373 e. The molecule has 0 aliphatic carbocycles. The molecular formula is C7H19BN2O3. The molecule has 0 amide bonds. The van der Waals surface area contributed by atoms with Gasteiger partial charge in [-0.2, -0.15) is 0 Å². The number of ether oxygens (including phenoxy) is 2. The standard InChI is InChI=1S/C7H19BN2O3/c1-8(11)10-3-5-13-7-6-12-4-2-9/h10-11H,2-7,9H2,1H3. The largest absolute Gasteiger partial charge is 0.437 e. The zero-order chi connectivity index (χ0) is 9.94. The van der Waals surface area contributed by atoms with Gasteiger partial charge in [-0.05, 0) is 6.82 Å². The molecule has 0 aromatic carbocycles. The van der Waals surface area contributed by atoms with Gasteiger partial charge < -0.3 is 25.5 Å². The van der Waals surface area contributed by atoms with Gasteiger partial charge in [0.25, 0.3) is 0 Å². The SMILES string of the molecule is CB(O)NCCOCCOCCN. The topological polar surface area (TPSA) is 76.7 Å². The van der Waals surface area contributed by atoms with Gasteiger partial charge in [0.05, 0.1) is 26.4 Å². The summed E-state index contributed by atoms with van der Waals surface area (Å²) in [7, 11) is -0.475. The van der Waals surface area contributed by atoms with Gasteiger partial charge in [-0.15, -0.1) is 0 Å². The van der Waals surface area contributed by atoms with Gasteiger partial charge in [0.15, 0.2) is 0 Å². The van der Waals surface area contributed by atoms with Crippen LogP contribution < -0.4 is 11.0 Å². The first-order valence-electron chi connectivity index (χ1n) is 4.54. The normalized spacial score (nSPS) is 10.4. The van der Waals surface area contributed by atoms with Crippen molar-refractivity contribution in [3.05, 3.63) is 0 Å². The van der Waals surface area contributed by atoms with Gasteiger partial charge in [-0.1, -0.05) is 0 Å². The van der Waals surface area contributed by atoms with E-state index in [1.54, 1.807) is 6.82 Å². The highest BCUT2D eigenvalue weighted by Gasteiger charge is 1.98. The fourth-order valence-electron chi connectivity index (χ4n) is 0.745. The van der Waals surface area contributed by atoms with E-state index >= 15 is 0 Å². The van der Waals surface area contributed by atoms with E-state index in [-0.39, 0.29) is 0 Å². The highest BCUT2D eigenvalue weighted by Crippen LogP contribution is 1.77. The van der Waals surface area contributed by atoms with Crippen LogP contribution in [0, 0.1) is 0 Å². The minimum atomic E-state index is -0.475. The van der Waals surface area contributed by atoms with Crippen molar-refractivity contribution in [1.29, 1.82) is 0 Å². The van der Waals surface area contributed by atoms with Crippen molar-refractivity contribution in [2.45, 2.75) is 6.82 Å². The van der Waals surface area contributed by atoms with Gasteiger partial charge in [0, 0.05) is 13.1 Å². The quantitative estimate of drug-likeness (QED) is 0.310. The monoisotopic (exact) mass is 190 g/mol. The van der Waals surface area contributed by atoms with Gasteiger partial charge in [-0.3, -0.25) is 0 Å². The Labute approximate surface area is 79.7 Å². The van der Waals surface area contributed by atoms with Crippen LogP contribution in [0.1, 0.15) is 0 Å². The molecule has 0 unspecified atom stereocenters. The fraction of sp³-hybridized carbons (Fsp3) is 1.00.